The summed E-state index contributed by atoms with van der Waals surface area (Å²) in [5, 5.41) is 3.72. The summed E-state index contributed by atoms with van der Waals surface area (Å²) < 4.78 is 10.7. The number of ether oxygens (including phenoxy) is 2. The molecule has 0 unspecified atom stereocenters. The van der Waals surface area contributed by atoms with Gasteiger partial charge in [0.25, 0.3) is 0 Å². The normalized spacial score (nSPS) is 14.3. The smallest absolute Gasteiger partial charge is 0.229 e. The van der Waals surface area contributed by atoms with Crippen LogP contribution < -0.4 is 19.7 Å². The molecule has 1 N–H and O–H groups in total. The van der Waals surface area contributed by atoms with Crippen LogP contribution in [-0.2, 0) is 0 Å². The number of aryl methyl sites for hydroxylation is 1. The zero-order chi connectivity index (χ0) is 17.8. The van der Waals surface area contributed by atoms with Crippen LogP contribution in [0.3, 0.4) is 0 Å². The van der Waals surface area contributed by atoms with Crippen molar-refractivity contribution in [2.24, 2.45) is 0 Å². The van der Waals surface area contributed by atoms with Crippen LogP contribution in [0.5, 0.6) is 11.5 Å². The molecule has 0 saturated carbocycles. The number of halogens is 1. The molecule has 0 bridgehead atoms. The highest BCUT2D eigenvalue weighted by Gasteiger charge is 2.15. The van der Waals surface area contributed by atoms with Gasteiger partial charge in [-0.1, -0.05) is 11.6 Å². The third-order valence-corrected chi connectivity index (χ3v) is 4.54. The lowest BCUT2D eigenvalue weighted by Crippen LogP contribution is -2.30. The van der Waals surface area contributed by atoms with E-state index in [4.69, 9.17) is 21.1 Å². The van der Waals surface area contributed by atoms with Gasteiger partial charge in [-0.25, -0.2) is 4.98 Å². The van der Waals surface area contributed by atoms with Gasteiger partial charge in [-0.3, -0.25) is 0 Å². The van der Waals surface area contributed by atoms with Gasteiger partial charge in [-0.05, 0) is 26.2 Å². The van der Waals surface area contributed by atoms with Gasteiger partial charge >= 0.3 is 0 Å². The molecule has 2 heterocycles. The van der Waals surface area contributed by atoms with Crippen molar-refractivity contribution in [2.75, 3.05) is 37.5 Å². The van der Waals surface area contributed by atoms with Crippen molar-refractivity contribution < 1.29 is 9.47 Å². The highest BCUT2D eigenvalue weighted by molar-refractivity contribution is 6.32. The van der Waals surface area contributed by atoms with Crippen LogP contribution >= 0.6 is 11.6 Å². The lowest BCUT2D eigenvalue weighted by molar-refractivity contribution is 0.405. The molecule has 1 saturated heterocycles. The molecule has 7 heteroatoms. The van der Waals surface area contributed by atoms with E-state index in [9.17, 15) is 0 Å². The molecule has 134 valence electrons. The number of methoxy groups -OCH3 is 2. The van der Waals surface area contributed by atoms with E-state index in [-0.39, 0.29) is 0 Å². The second kappa shape index (κ2) is 7.78. The lowest BCUT2D eigenvalue weighted by Gasteiger charge is -2.28. The largest absolute Gasteiger partial charge is 0.495 e. The molecule has 2 aromatic rings. The summed E-state index contributed by atoms with van der Waals surface area (Å²) in [5.41, 5.74) is 1.62. The van der Waals surface area contributed by atoms with Crippen LogP contribution in [0.25, 0.3) is 0 Å². The summed E-state index contributed by atoms with van der Waals surface area (Å²) in [5.74, 6) is 2.65. The van der Waals surface area contributed by atoms with Gasteiger partial charge < -0.3 is 19.7 Å². The summed E-state index contributed by atoms with van der Waals surface area (Å²) in [6.07, 6.45) is 3.69. The topological polar surface area (TPSA) is 59.5 Å². The Balaban J connectivity index is 1.91. The van der Waals surface area contributed by atoms with Gasteiger partial charge in [-0.15, -0.1) is 0 Å². The molecule has 6 nitrogen and oxygen atoms in total. The maximum atomic E-state index is 6.16. The number of benzene rings is 1. The van der Waals surface area contributed by atoms with E-state index < -0.39 is 0 Å². The van der Waals surface area contributed by atoms with Gasteiger partial charge in [0.05, 0.1) is 24.9 Å². The molecule has 0 amide bonds. The predicted molar refractivity (Wildman–Crippen MR) is 101 cm³/mol. The minimum atomic E-state index is 0.490. The summed E-state index contributed by atoms with van der Waals surface area (Å²) in [7, 11) is 3.18. The first-order valence-electron chi connectivity index (χ1n) is 8.40. The Kier molecular flexibility index (Phi) is 5.48. The Bertz CT molecular complexity index is 748. The number of hydrogen-bond donors (Lipinski definition) is 1. The van der Waals surface area contributed by atoms with Gasteiger partial charge in [0, 0.05) is 37.0 Å². The van der Waals surface area contributed by atoms with Crippen molar-refractivity contribution in [3.8, 4) is 11.5 Å². The van der Waals surface area contributed by atoms with E-state index in [1.165, 1.54) is 19.3 Å². The first-order chi connectivity index (χ1) is 12.1. The average molecular weight is 363 g/mol. The number of nitrogens with one attached hydrogen (secondary N) is 1. The number of piperidine rings is 1. The fourth-order valence-electron chi connectivity index (χ4n) is 2.97. The number of hydrogen-bond acceptors (Lipinski definition) is 6. The SMILES string of the molecule is COc1cc(Nc2nc(C)cc(N3CCCCC3)n2)c(OC)cc1Cl. The number of rotatable bonds is 5. The van der Waals surface area contributed by atoms with Crippen molar-refractivity contribution in [2.45, 2.75) is 26.2 Å². The number of anilines is 3. The van der Waals surface area contributed by atoms with E-state index in [0.717, 1.165) is 24.6 Å². The van der Waals surface area contributed by atoms with Gasteiger partial charge in [-0.2, -0.15) is 4.98 Å². The quantitative estimate of drug-likeness (QED) is 0.860. The molecule has 0 atom stereocenters. The summed E-state index contributed by atoms with van der Waals surface area (Å²) in [4.78, 5) is 11.5. The zero-order valence-corrected chi connectivity index (χ0v) is 15.6. The van der Waals surface area contributed by atoms with Crippen molar-refractivity contribution in [3.05, 3.63) is 28.9 Å². The standard InChI is InChI=1S/C18H23ClN4O2/c1-12-9-17(23-7-5-4-6-8-23)22-18(20-12)21-14-11-15(24-2)13(19)10-16(14)25-3/h9-11H,4-8H2,1-3H3,(H,20,21,22). The first kappa shape index (κ1) is 17.6. The number of aromatic nitrogens is 2. The molecule has 25 heavy (non-hydrogen) atoms. The summed E-state index contributed by atoms with van der Waals surface area (Å²) in [6.45, 7) is 4.04. The molecule has 1 aliphatic rings. The molecule has 0 radical (unpaired) electrons. The summed E-state index contributed by atoms with van der Waals surface area (Å²) in [6, 6.07) is 5.52. The Morgan fingerprint density at radius 1 is 1.00 bits per heavy atom. The molecule has 1 fully saturated rings. The molecule has 1 aromatic carbocycles. The van der Waals surface area contributed by atoms with E-state index in [1.807, 2.05) is 13.0 Å². The van der Waals surface area contributed by atoms with Gasteiger partial charge in [0.15, 0.2) is 0 Å². The fourth-order valence-corrected chi connectivity index (χ4v) is 3.20. The minimum Gasteiger partial charge on any atom is -0.495 e. The molecule has 3 rings (SSSR count). The second-order valence-electron chi connectivity index (χ2n) is 6.05. The fraction of sp³-hybridized carbons (Fsp3) is 0.444. The van der Waals surface area contributed by atoms with Crippen LogP contribution in [0.15, 0.2) is 18.2 Å². The molecular formula is C18H23ClN4O2. The highest BCUT2D eigenvalue weighted by atomic mass is 35.5. The first-order valence-corrected chi connectivity index (χ1v) is 8.77. The predicted octanol–water partition coefficient (Wildman–Crippen LogP) is 4.19. The van der Waals surface area contributed by atoms with E-state index in [1.54, 1.807) is 26.4 Å². The Hall–Kier alpha value is -2.21. The van der Waals surface area contributed by atoms with E-state index >= 15 is 0 Å². The molecule has 0 aliphatic carbocycles. The van der Waals surface area contributed by atoms with Crippen molar-refractivity contribution >= 4 is 29.1 Å². The van der Waals surface area contributed by atoms with E-state index in [0.29, 0.717) is 28.2 Å². The maximum absolute atomic E-state index is 6.16. The summed E-state index contributed by atoms with van der Waals surface area (Å²) >= 11 is 6.16. The third kappa shape index (κ3) is 4.07. The Labute approximate surface area is 153 Å². The lowest BCUT2D eigenvalue weighted by atomic mass is 10.1. The molecular weight excluding hydrogens is 340 g/mol. The highest BCUT2D eigenvalue weighted by Crippen LogP contribution is 2.37. The van der Waals surface area contributed by atoms with Crippen molar-refractivity contribution in [1.82, 2.24) is 9.97 Å². The van der Waals surface area contributed by atoms with Crippen molar-refractivity contribution in [1.29, 1.82) is 0 Å². The zero-order valence-electron chi connectivity index (χ0n) is 14.8. The van der Waals surface area contributed by atoms with Gasteiger partial charge in [0.2, 0.25) is 5.95 Å². The van der Waals surface area contributed by atoms with Crippen LogP contribution in [0.1, 0.15) is 25.0 Å². The van der Waals surface area contributed by atoms with Crippen LogP contribution in [0.4, 0.5) is 17.5 Å². The van der Waals surface area contributed by atoms with Crippen LogP contribution in [0.2, 0.25) is 5.02 Å². The maximum Gasteiger partial charge on any atom is 0.229 e. The Morgan fingerprint density at radius 2 is 1.72 bits per heavy atom. The Morgan fingerprint density at radius 3 is 2.40 bits per heavy atom. The molecule has 1 aliphatic heterocycles. The van der Waals surface area contributed by atoms with Gasteiger partial charge in [0.1, 0.15) is 17.3 Å². The molecule has 1 aromatic heterocycles. The minimum absolute atomic E-state index is 0.490. The van der Waals surface area contributed by atoms with Crippen LogP contribution in [0, 0.1) is 6.92 Å². The van der Waals surface area contributed by atoms with Crippen LogP contribution in [-0.4, -0.2) is 37.3 Å². The number of nitrogens with zero attached hydrogens (tertiary/aromatic N) is 3. The second-order valence-corrected chi connectivity index (χ2v) is 6.46. The molecule has 0 spiro atoms. The van der Waals surface area contributed by atoms with Crippen molar-refractivity contribution in [3.63, 3.8) is 0 Å². The average Bonchev–Trinajstić information content (AvgIpc) is 2.63. The third-order valence-electron chi connectivity index (χ3n) is 4.24. The monoisotopic (exact) mass is 362 g/mol. The van der Waals surface area contributed by atoms with E-state index in [2.05, 4.69) is 20.2 Å².